The molecule has 0 radical (unpaired) electrons. The van der Waals surface area contributed by atoms with Crippen LogP contribution in [0.1, 0.15) is 18.1 Å². The number of hydrogen-bond donors (Lipinski definition) is 1. The fourth-order valence-corrected chi connectivity index (χ4v) is 1.94. The third-order valence-electron chi connectivity index (χ3n) is 2.05. The second-order valence-electron chi connectivity index (χ2n) is 2.81. The average molecular weight is 222 g/mol. The Bertz CT molecular complexity index is 321. The molecule has 0 saturated heterocycles. The largest absolute Gasteiger partial charge is 0.397 e. The molecule has 72 valence electrons. The highest BCUT2D eigenvalue weighted by atomic mass is 35.5. The van der Waals surface area contributed by atoms with Crippen LogP contribution in [0.4, 0.5) is 10.1 Å². The molecule has 1 aromatic carbocycles. The van der Waals surface area contributed by atoms with Crippen LogP contribution in [0.2, 0.25) is 10.0 Å². The molecule has 0 unspecified atom stereocenters. The minimum atomic E-state index is -0.472. The molecular weight excluding hydrogens is 212 g/mol. The molecule has 0 heterocycles. The van der Waals surface area contributed by atoms with Crippen molar-refractivity contribution in [2.45, 2.75) is 20.3 Å². The number of hydrogen-bond acceptors (Lipinski definition) is 1. The first-order valence-electron chi connectivity index (χ1n) is 3.92. The first-order chi connectivity index (χ1) is 6.00. The van der Waals surface area contributed by atoms with Gasteiger partial charge >= 0.3 is 0 Å². The van der Waals surface area contributed by atoms with Crippen LogP contribution in [0.5, 0.6) is 0 Å². The van der Waals surface area contributed by atoms with Gasteiger partial charge in [-0.25, -0.2) is 4.39 Å². The van der Waals surface area contributed by atoms with Gasteiger partial charge in [0.2, 0.25) is 0 Å². The van der Waals surface area contributed by atoms with Gasteiger partial charge in [0.1, 0.15) is 5.82 Å². The third kappa shape index (κ3) is 1.61. The average Bonchev–Trinajstić information content (AvgIpc) is 2.13. The summed E-state index contributed by atoms with van der Waals surface area (Å²) in [5, 5.41) is 0.450. The normalized spacial score (nSPS) is 10.5. The number of halogens is 3. The molecule has 13 heavy (non-hydrogen) atoms. The number of rotatable bonds is 1. The summed E-state index contributed by atoms with van der Waals surface area (Å²) in [6.07, 6.45) is 0.569. The molecule has 0 amide bonds. The minimum absolute atomic E-state index is 0.0826. The lowest BCUT2D eigenvalue weighted by Gasteiger charge is -2.11. The van der Waals surface area contributed by atoms with Crippen LogP contribution in [0.25, 0.3) is 0 Å². The van der Waals surface area contributed by atoms with E-state index >= 15 is 0 Å². The highest BCUT2D eigenvalue weighted by Gasteiger charge is 2.16. The van der Waals surface area contributed by atoms with Gasteiger partial charge in [-0.2, -0.15) is 0 Å². The second kappa shape index (κ2) is 3.72. The molecular formula is C9H10Cl2FN. The van der Waals surface area contributed by atoms with E-state index in [1.54, 1.807) is 6.92 Å². The Morgan fingerprint density at radius 1 is 1.31 bits per heavy atom. The predicted molar refractivity (Wildman–Crippen MR) is 54.9 cm³/mol. The summed E-state index contributed by atoms with van der Waals surface area (Å²) in [7, 11) is 0. The molecule has 0 aliphatic rings. The molecule has 0 aromatic heterocycles. The van der Waals surface area contributed by atoms with Crippen LogP contribution in [-0.2, 0) is 6.42 Å². The molecule has 0 aliphatic heterocycles. The van der Waals surface area contributed by atoms with Crippen LogP contribution in [0.3, 0.4) is 0 Å². The first kappa shape index (κ1) is 10.6. The topological polar surface area (TPSA) is 26.0 Å². The van der Waals surface area contributed by atoms with Crippen molar-refractivity contribution >= 4 is 28.9 Å². The van der Waals surface area contributed by atoms with Crippen LogP contribution in [0, 0.1) is 12.7 Å². The van der Waals surface area contributed by atoms with Gasteiger partial charge in [0.25, 0.3) is 0 Å². The smallest absolute Gasteiger partial charge is 0.147 e. The highest BCUT2D eigenvalue weighted by Crippen LogP contribution is 2.35. The minimum Gasteiger partial charge on any atom is -0.397 e. The Kier molecular flexibility index (Phi) is 3.04. The molecule has 0 aliphatic carbocycles. The fourth-order valence-electron chi connectivity index (χ4n) is 1.15. The summed E-state index contributed by atoms with van der Waals surface area (Å²) < 4.78 is 13.3. The number of benzene rings is 1. The highest BCUT2D eigenvalue weighted by molar-refractivity contribution is 6.38. The van der Waals surface area contributed by atoms with Gasteiger partial charge in [-0.1, -0.05) is 30.1 Å². The standard InChI is InChI=1S/C9H10Cl2FN/c1-3-5-6(10)8(12)4(2)9(13)7(5)11/h3,13H2,1-2H3. The number of nitrogens with two attached hydrogens (primary N) is 1. The molecule has 0 bridgehead atoms. The summed E-state index contributed by atoms with van der Waals surface area (Å²) in [4.78, 5) is 0. The van der Waals surface area contributed by atoms with E-state index in [9.17, 15) is 4.39 Å². The summed E-state index contributed by atoms with van der Waals surface area (Å²) in [5.74, 6) is -0.472. The van der Waals surface area contributed by atoms with Crippen LogP contribution < -0.4 is 5.73 Å². The zero-order chi connectivity index (χ0) is 10.2. The van der Waals surface area contributed by atoms with Gasteiger partial charge in [0, 0.05) is 5.56 Å². The lowest BCUT2D eigenvalue weighted by atomic mass is 10.1. The quantitative estimate of drug-likeness (QED) is 0.570. The number of anilines is 1. The lowest BCUT2D eigenvalue weighted by molar-refractivity contribution is 0.618. The van der Waals surface area contributed by atoms with Gasteiger partial charge in [-0.3, -0.25) is 0 Å². The SMILES string of the molecule is CCc1c(Cl)c(N)c(C)c(F)c1Cl. The van der Waals surface area contributed by atoms with Crippen molar-refractivity contribution in [3.05, 3.63) is 27.0 Å². The molecule has 0 atom stereocenters. The summed E-state index contributed by atoms with van der Waals surface area (Å²) >= 11 is 11.7. The van der Waals surface area contributed by atoms with Crippen LogP contribution in [-0.4, -0.2) is 0 Å². The van der Waals surface area contributed by atoms with Gasteiger partial charge in [0.15, 0.2) is 0 Å². The van der Waals surface area contributed by atoms with E-state index < -0.39 is 5.82 Å². The van der Waals surface area contributed by atoms with Crippen molar-refractivity contribution in [3.63, 3.8) is 0 Å². The second-order valence-corrected chi connectivity index (χ2v) is 3.57. The third-order valence-corrected chi connectivity index (χ3v) is 2.87. The molecule has 1 aromatic rings. The van der Waals surface area contributed by atoms with Crippen molar-refractivity contribution in [1.29, 1.82) is 0 Å². The molecule has 4 heteroatoms. The Hall–Kier alpha value is -0.470. The summed E-state index contributed by atoms with van der Waals surface area (Å²) in [6, 6.07) is 0. The van der Waals surface area contributed by atoms with E-state index in [0.717, 1.165) is 0 Å². The first-order valence-corrected chi connectivity index (χ1v) is 4.67. The maximum Gasteiger partial charge on any atom is 0.147 e. The monoisotopic (exact) mass is 221 g/mol. The van der Waals surface area contributed by atoms with Gasteiger partial charge < -0.3 is 5.73 Å². The Morgan fingerprint density at radius 3 is 2.31 bits per heavy atom. The van der Waals surface area contributed by atoms with Gasteiger partial charge in [0.05, 0.1) is 15.7 Å². The van der Waals surface area contributed by atoms with Gasteiger partial charge in [-0.15, -0.1) is 0 Å². The van der Waals surface area contributed by atoms with Crippen molar-refractivity contribution in [1.82, 2.24) is 0 Å². The Balaban J connectivity index is 3.56. The maximum absolute atomic E-state index is 13.3. The molecule has 0 fully saturated rings. The predicted octanol–water partition coefficient (Wildman–Crippen LogP) is 3.59. The van der Waals surface area contributed by atoms with E-state index in [0.29, 0.717) is 22.6 Å². The summed E-state index contributed by atoms with van der Waals surface area (Å²) in [5.41, 5.74) is 6.76. The molecule has 1 nitrogen and oxygen atoms in total. The van der Waals surface area contributed by atoms with Crippen molar-refractivity contribution in [3.8, 4) is 0 Å². The maximum atomic E-state index is 13.3. The molecule has 2 N–H and O–H groups in total. The van der Waals surface area contributed by atoms with E-state index in [-0.39, 0.29) is 10.7 Å². The van der Waals surface area contributed by atoms with E-state index in [2.05, 4.69) is 0 Å². The zero-order valence-corrected chi connectivity index (χ0v) is 8.93. The zero-order valence-electron chi connectivity index (χ0n) is 7.42. The van der Waals surface area contributed by atoms with Crippen molar-refractivity contribution in [2.24, 2.45) is 0 Å². The van der Waals surface area contributed by atoms with Gasteiger partial charge in [-0.05, 0) is 18.9 Å². The molecule has 1 rings (SSSR count). The van der Waals surface area contributed by atoms with E-state index in [4.69, 9.17) is 28.9 Å². The molecule has 0 spiro atoms. The van der Waals surface area contributed by atoms with Crippen LogP contribution >= 0.6 is 23.2 Å². The van der Waals surface area contributed by atoms with Crippen LogP contribution in [0.15, 0.2) is 0 Å². The fraction of sp³-hybridized carbons (Fsp3) is 0.333. The number of nitrogen functional groups attached to an aromatic ring is 1. The van der Waals surface area contributed by atoms with E-state index in [1.165, 1.54) is 0 Å². The van der Waals surface area contributed by atoms with E-state index in [1.807, 2.05) is 6.92 Å². The Labute approximate surface area is 86.6 Å². The van der Waals surface area contributed by atoms with Crippen molar-refractivity contribution in [2.75, 3.05) is 5.73 Å². The van der Waals surface area contributed by atoms with Crippen molar-refractivity contribution < 1.29 is 4.39 Å². The summed E-state index contributed by atoms with van der Waals surface area (Å²) in [6.45, 7) is 3.41. The Morgan fingerprint density at radius 2 is 1.85 bits per heavy atom. The molecule has 0 saturated carbocycles. The lowest BCUT2D eigenvalue weighted by Crippen LogP contribution is -2.00.